The summed E-state index contributed by atoms with van der Waals surface area (Å²) in [6, 6.07) is 6.54. The van der Waals surface area contributed by atoms with Gasteiger partial charge in [0.15, 0.2) is 0 Å². The van der Waals surface area contributed by atoms with Crippen LogP contribution in [-0.2, 0) is 0 Å². The van der Waals surface area contributed by atoms with Gasteiger partial charge in [0.2, 0.25) is 0 Å². The number of thioether (sulfide) groups is 1. The summed E-state index contributed by atoms with van der Waals surface area (Å²) in [7, 11) is 0. The third-order valence-electron chi connectivity index (χ3n) is 3.48. The minimum absolute atomic E-state index is 0.142. The van der Waals surface area contributed by atoms with Gasteiger partial charge in [-0.25, -0.2) is 0 Å². The molecule has 4 heteroatoms. The first-order valence-corrected chi connectivity index (χ1v) is 8.24. The van der Waals surface area contributed by atoms with Gasteiger partial charge in [0.1, 0.15) is 5.75 Å². The normalized spacial score (nSPS) is 22.7. The van der Waals surface area contributed by atoms with Gasteiger partial charge in [-0.2, -0.15) is 11.8 Å². The van der Waals surface area contributed by atoms with Crippen LogP contribution in [0.5, 0.6) is 5.75 Å². The first kappa shape index (κ1) is 14.4. The van der Waals surface area contributed by atoms with Gasteiger partial charge in [-0.3, -0.25) is 0 Å². The Bertz CT molecular complexity index is 423. The highest BCUT2D eigenvalue weighted by Gasteiger charge is 2.26. The van der Waals surface area contributed by atoms with E-state index in [1.807, 2.05) is 43.8 Å². The van der Waals surface area contributed by atoms with Crippen molar-refractivity contribution in [1.29, 1.82) is 0 Å². The molecule has 0 aliphatic heterocycles. The number of rotatable bonds is 5. The van der Waals surface area contributed by atoms with Crippen molar-refractivity contribution in [2.45, 2.75) is 50.5 Å². The Morgan fingerprint density at radius 2 is 2.16 bits per heavy atom. The molecule has 1 aliphatic carbocycles. The molecule has 2 atom stereocenters. The average molecular weight is 280 g/mol. The van der Waals surface area contributed by atoms with Crippen LogP contribution in [0.25, 0.3) is 0 Å². The Kier molecular flexibility index (Phi) is 4.86. The maximum atomic E-state index is 5.94. The Balaban J connectivity index is 2.08. The molecule has 0 heterocycles. The number of benzene rings is 1. The van der Waals surface area contributed by atoms with Crippen LogP contribution in [-0.4, -0.2) is 23.7 Å². The topological polar surface area (TPSA) is 47.3 Å². The van der Waals surface area contributed by atoms with E-state index in [-0.39, 0.29) is 6.10 Å². The van der Waals surface area contributed by atoms with Crippen LogP contribution in [0.15, 0.2) is 18.2 Å². The second-order valence-electron chi connectivity index (χ2n) is 5.38. The Labute approximate surface area is 120 Å². The van der Waals surface area contributed by atoms with Gasteiger partial charge in [-0.05, 0) is 45.1 Å². The van der Waals surface area contributed by atoms with Gasteiger partial charge in [0, 0.05) is 23.0 Å². The van der Waals surface area contributed by atoms with E-state index in [4.69, 9.17) is 10.5 Å². The fourth-order valence-corrected chi connectivity index (χ4v) is 3.50. The Morgan fingerprint density at radius 1 is 1.37 bits per heavy atom. The first-order chi connectivity index (χ1) is 9.10. The molecule has 0 bridgehead atoms. The van der Waals surface area contributed by atoms with Gasteiger partial charge < -0.3 is 15.8 Å². The molecule has 0 radical (unpaired) electrons. The third kappa shape index (κ3) is 3.72. The van der Waals surface area contributed by atoms with E-state index >= 15 is 0 Å². The third-order valence-corrected chi connectivity index (χ3v) is 4.65. The van der Waals surface area contributed by atoms with Crippen LogP contribution >= 0.6 is 11.8 Å². The predicted octanol–water partition coefficient (Wildman–Crippen LogP) is 3.75. The van der Waals surface area contributed by atoms with E-state index in [1.165, 1.54) is 19.3 Å². The lowest BCUT2D eigenvalue weighted by Crippen LogP contribution is -2.25. The smallest absolute Gasteiger partial charge is 0.144 e. The maximum absolute atomic E-state index is 5.94. The van der Waals surface area contributed by atoms with Crippen LogP contribution in [0.4, 0.5) is 11.4 Å². The summed E-state index contributed by atoms with van der Waals surface area (Å²) >= 11 is 1.96. The van der Waals surface area contributed by atoms with E-state index in [0.717, 1.165) is 11.4 Å². The molecule has 0 amide bonds. The van der Waals surface area contributed by atoms with Gasteiger partial charge in [-0.15, -0.1) is 0 Å². The van der Waals surface area contributed by atoms with Crippen LogP contribution in [0.1, 0.15) is 33.1 Å². The van der Waals surface area contributed by atoms with Gasteiger partial charge >= 0.3 is 0 Å². The van der Waals surface area contributed by atoms with E-state index in [9.17, 15) is 0 Å². The quantitative estimate of drug-likeness (QED) is 0.806. The summed E-state index contributed by atoms with van der Waals surface area (Å²) in [5.74, 6) is 0.777. The lowest BCUT2D eigenvalue weighted by atomic mass is 10.2. The summed E-state index contributed by atoms with van der Waals surface area (Å²) in [4.78, 5) is 0. The first-order valence-electron chi connectivity index (χ1n) is 6.95. The lowest BCUT2D eigenvalue weighted by molar-refractivity contribution is 0.244. The number of hydrogen-bond donors (Lipinski definition) is 2. The largest absolute Gasteiger partial charge is 0.489 e. The molecule has 2 unspecified atom stereocenters. The van der Waals surface area contributed by atoms with Gasteiger partial charge in [0.05, 0.1) is 11.8 Å². The number of nitrogens with two attached hydrogens (primary N) is 1. The van der Waals surface area contributed by atoms with E-state index in [0.29, 0.717) is 17.0 Å². The van der Waals surface area contributed by atoms with E-state index in [1.54, 1.807) is 0 Å². The molecule has 1 saturated carbocycles. The molecule has 106 valence electrons. The van der Waals surface area contributed by atoms with Crippen molar-refractivity contribution in [3.63, 3.8) is 0 Å². The van der Waals surface area contributed by atoms with Crippen molar-refractivity contribution in [3.8, 4) is 5.75 Å². The van der Waals surface area contributed by atoms with Crippen molar-refractivity contribution in [3.05, 3.63) is 18.2 Å². The molecule has 0 spiro atoms. The maximum Gasteiger partial charge on any atom is 0.144 e. The molecule has 1 aliphatic rings. The minimum atomic E-state index is 0.142. The zero-order valence-corrected chi connectivity index (χ0v) is 12.8. The van der Waals surface area contributed by atoms with Crippen molar-refractivity contribution >= 4 is 23.1 Å². The summed E-state index contributed by atoms with van der Waals surface area (Å²) < 4.78 is 5.73. The number of ether oxygens (including phenoxy) is 1. The summed E-state index contributed by atoms with van der Waals surface area (Å²) in [5.41, 5.74) is 7.75. The van der Waals surface area contributed by atoms with Crippen LogP contribution < -0.4 is 15.8 Å². The summed E-state index contributed by atoms with van der Waals surface area (Å²) in [6.07, 6.45) is 6.20. The van der Waals surface area contributed by atoms with Crippen LogP contribution in [0, 0.1) is 0 Å². The fraction of sp³-hybridized carbons (Fsp3) is 0.600. The monoisotopic (exact) mass is 280 g/mol. The minimum Gasteiger partial charge on any atom is -0.489 e. The number of nitrogen functional groups attached to an aromatic ring is 1. The molecule has 3 nitrogen and oxygen atoms in total. The highest BCUT2D eigenvalue weighted by Crippen LogP contribution is 2.33. The van der Waals surface area contributed by atoms with Crippen molar-refractivity contribution in [2.24, 2.45) is 0 Å². The standard InChI is InChI=1S/C15H24N2OS/c1-10(2)18-14-9-11(7-8-12(14)16)17-13-5-4-6-15(13)19-3/h7-10,13,15,17H,4-6,16H2,1-3H3. The van der Waals surface area contributed by atoms with E-state index < -0.39 is 0 Å². The van der Waals surface area contributed by atoms with Crippen molar-refractivity contribution in [1.82, 2.24) is 0 Å². The van der Waals surface area contributed by atoms with E-state index in [2.05, 4.69) is 11.6 Å². The number of hydrogen-bond acceptors (Lipinski definition) is 4. The van der Waals surface area contributed by atoms with Crippen molar-refractivity contribution in [2.75, 3.05) is 17.3 Å². The Hall–Kier alpha value is -1.03. The zero-order valence-electron chi connectivity index (χ0n) is 12.0. The average Bonchev–Trinajstić information content (AvgIpc) is 2.80. The second kappa shape index (κ2) is 6.42. The number of nitrogens with one attached hydrogen (secondary N) is 1. The molecule has 2 rings (SSSR count). The second-order valence-corrected chi connectivity index (χ2v) is 6.45. The lowest BCUT2D eigenvalue weighted by Gasteiger charge is -2.21. The highest BCUT2D eigenvalue weighted by molar-refractivity contribution is 7.99. The molecular weight excluding hydrogens is 256 g/mol. The zero-order chi connectivity index (χ0) is 13.8. The SMILES string of the molecule is CSC1CCCC1Nc1ccc(N)c(OC(C)C)c1. The molecule has 19 heavy (non-hydrogen) atoms. The van der Waals surface area contributed by atoms with Gasteiger partial charge in [0.25, 0.3) is 0 Å². The number of anilines is 2. The fourth-order valence-electron chi connectivity index (χ4n) is 2.57. The van der Waals surface area contributed by atoms with Crippen LogP contribution in [0.2, 0.25) is 0 Å². The van der Waals surface area contributed by atoms with Crippen LogP contribution in [0.3, 0.4) is 0 Å². The summed E-state index contributed by atoms with van der Waals surface area (Å²) in [6.45, 7) is 4.03. The Morgan fingerprint density at radius 3 is 2.84 bits per heavy atom. The molecular formula is C15H24N2OS. The molecule has 0 saturated heterocycles. The molecule has 1 aromatic rings. The van der Waals surface area contributed by atoms with Crippen molar-refractivity contribution < 1.29 is 4.74 Å². The molecule has 1 aromatic carbocycles. The molecule has 0 aromatic heterocycles. The highest BCUT2D eigenvalue weighted by atomic mass is 32.2. The summed E-state index contributed by atoms with van der Waals surface area (Å²) in [5, 5.41) is 4.34. The molecule has 1 fully saturated rings. The predicted molar refractivity (Wildman–Crippen MR) is 85.2 cm³/mol. The van der Waals surface area contributed by atoms with Gasteiger partial charge in [-0.1, -0.05) is 6.42 Å². The molecule has 3 N–H and O–H groups in total.